The molecule has 1 saturated carbocycles. The van der Waals surface area contributed by atoms with E-state index in [4.69, 9.17) is 4.74 Å². The van der Waals surface area contributed by atoms with Gasteiger partial charge in [0.1, 0.15) is 5.60 Å². The summed E-state index contributed by atoms with van der Waals surface area (Å²) in [5.74, 6) is -2.08. The first-order valence-electron chi connectivity index (χ1n) is 6.85. The van der Waals surface area contributed by atoms with Crippen LogP contribution in [0.2, 0.25) is 0 Å². The molecule has 0 spiro atoms. The van der Waals surface area contributed by atoms with Crippen molar-refractivity contribution in [3.05, 3.63) is 34.3 Å². The van der Waals surface area contributed by atoms with Crippen molar-refractivity contribution < 1.29 is 22.7 Å². The highest BCUT2D eigenvalue weighted by Crippen LogP contribution is 2.36. The number of alkyl halides is 3. The van der Waals surface area contributed by atoms with E-state index >= 15 is 0 Å². The van der Waals surface area contributed by atoms with E-state index in [9.17, 15) is 18.0 Å². The van der Waals surface area contributed by atoms with Crippen LogP contribution in [-0.2, 0) is 16.0 Å². The van der Waals surface area contributed by atoms with Gasteiger partial charge in [0.05, 0.1) is 0 Å². The van der Waals surface area contributed by atoms with Crippen LogP contribution < -0.4 is 0 Å². The van der Waals surface area contributed by atoms with Crippen LogP contribution in [0.1, 0.15) is 37.7 Å². The summed E-state index contributed by atoms with van der Waals surface area (Å²) in [6, 6.07) is 7.33. The van der Waals surface area contributed by atoms with Gasteiger partial charge in [0.15, 0.2) is 0 Å². The number of hydrogen-bond donors (Lipinski definition) is 0. The Bertz CT molecular complexity index is 491. The molecule has 1 fully saturated rings. The standard InChI is InChI=1S/C15H16BrF3O2/c16-12-6-4-11(5-7-12)10-14(8-2-1-3-9-14)21-13(20)15(17,18)19/h4-7H,1-3,8-10H2. The zero-order valence-corrected chi connectivity index (χ0v) is 13.0. The molecule has 2 rings (SSSR count). The second-order valence-corrected chi connectivity index (χ2v) is 6.35. The molecule has 0 N–H and O–H groups in total. The van der Waals surface area contributed by atoms with Crippen LogP contribution in [0.25, 0.3) is 0 Å². The lowest BCUT2D eigenvalue weighted by atomic mass is 9.80. The van der Waals surface area contributed by atoms with Gasteiger partial charge in [-0.2, -0.15) is 13.2 Å². The Morgan fingerprint density at radius 1 is 1.14 bits per heavy atom. The maximum absolute atomic E-state index is 12.5. The summed E-state index contributed by atoms with van der Waals surface area (Å²) in [5.41, 5.74) is -0.159. The molecule has 0 heterocycles. The van der Waals surface area contributed by atoms with E-state index in [1.165, 1.54) is 0 Å². The molecule has 6 heteroatoms. The molecule has 0 radical (unpaired) electrons. The Balaban J connectivity index is 2.16. The van der Waals surface area contributed by atoms with Crippen LogP contribution >= 0.6 is 15.9 Å². The van der Waals surface area contributed by atoms with Crippen LogP contribution in [0, 0.1) is 0 Å². The summed E-state index contributed by atoms with van der Waals surface area (Å²) in [5, 5.41) is 0. The van der Waals surface area contributed by atoms with E-state index < -0.39 is 17.7 Å². The maximum atomic E-state index is 12.5. The Labute approximate surface area is 129 Å². The predicted octanol–water partition coefficient (Wildman–Crippen LogP) is 4.80. The number of carbonyl (C=O) groups excluding carboxylic acids is 1. The predicted molar refractivity (Wildman–Crippen MR) is 75.8 cm³/mol. The first-order valence-corrected chi connectivity index (χ1v) is 7.65. The summed E-state index contributed by atoms with van der Waals surface area (Å²) in [7, 11) is 0. The largest absolute Gasteiger partial charge is 0.490 e. The molecular formula is C15H16BrF3O2. The van der Waals surface area contributed by atoms with E-state index in [1.54, 1.807) is 0 Å². The van der Waals surface area contributed by atoms with Crippen molar-refractivity contribution >= 4 is 21.9 Å². The van der Waals surface area contributed by atoms with Gasteiger partial charge in [0.2, 0.25) is 0 Å². The second kappa shape index (κ2) is 6.38. The summed E-state index contributed by atoms with van der Waals surface area (Å²) in [4.78, 5) is 11.2. The Morgan fingerprint density at radius 2 is 1.71 bits per heavy atom. The van der Waals surface area contributed by atoms with E-state index in [0.29, 0.717) is 19.3 Å². The topological polar surface area (TPSA) is 26.3 Å². The highest BCUT2D eigenvalue weighted by molar-refractivity contribution is 9.10. The summed E-state index contributed by atoms with van der Waals surface area (Å²) >= 11 is 3.32. The van der Waals surface area contributed by atoms with Gasteiger partial charge in [-0.05, 0) is 43.4 Å². The maximum Gasteiger partial charge on any atom is 0.490 e. The molecule has 1 aliphatic rings. The summed E-state index contributed by atoms with van der Waals surface area (Å²) in [6.45, 7) is 0. The molecular weight excluding hydrogens is 349 g/mol. The van der Waals surface area contributed by atoms with Crippen molar-refractivity contribution in [2.75, 3.05) is 0 Å². The number of halogens is 4. The zero-order chi connectivity index (χ0) is 15.5. The number of hydrogen-bond acceptors (Lipinski definition) is 2. The van der Waals surface area contributed by atoms with Crippen molar-refractivity contribution in [3.63, 3.8) is 0 Å². The van der Waals surface area contributed by atoms with Gasteiger partial charge < -0.3 is 4.74 Å². The Kier molecular flexibility index (Phi) is 4.96. The molecule has 0 saturated heterocycles. The Morgan fingerprint density at radius 3 is 2.24 bits per heavy atom. The van der Waals surface area contributed by atoms with Crippen molar-refractivity contribution in [3.8, 4) is 0 Å². The quantitative estimate of drug-likeness (QED) is 0.720. The first-order chi connectivity index (χ1) is 9.81. The number of carbonyl (C=O) groups is 1. The number of rotatable bonds is 3. The third kappa shape index (κ3) is 4.46. The highest BCUT2D eigenvalue weighted by Gasteiger charge is 2.46. The van der Waals surface area contributed by atoms with Crippen LogP contribution in [0.4, 0.5) is 13.2 Å². The van der Waals surface area contributed by atoms with E-state index in [1.807, 2.05) is 24.3 Å². The number of ether oxygens (including phenoxy) is 1. The SMILES string of the molecule is O=C(OC1(Cc2ccc(Br)cc2)CCCCC1)C(F)(F)F. The van der Waals surface area contributed by atoms with Gasteiger partial charge in [0, 0.05) is 10.9 Å². The summed E-state index contributed by atoms with van der Waals surface area (Å²) < 4.78 is 43.3. The van der Waals surface area contributed by atoms with E-state index in [2.05, 4.69) is 15.9 Å². The molecule has 116 valence electrons. The average Bonchev–Trinajstić information content (AvgIpc) is 2.41. The fourth-order valence-electron chi connectivity index (χ4n) is 2.74. The van der Waals surface area contributed by atoms with Gasteiger partial charge in [0.25, 0.3) is 0 Å². The van der Waals surface area contributed by atoms with Gasteiger partial charge >= 0.3 is 12.1 Å². The minimum Gasteiger partial charge on any atom is -0.452 e. The molecule has 0 bridgehead atoms. The molecule has 21 heavy (non-hydrogen) atoms. The molecule has 1 aromatic rings. The molecule has 1 aliphatic carbocycles. The monoisotopic (exact) mass is 364 g/mol. The van der Waals surface area contributed by atoms with Crippen LogP contribution in [0.3, 0.4) is 0 Å². The summed E-state index contributed by atoms with van der Waals surface area (Å²) in [6.07, 6.45) is -1.14. The molecule has 0 atom stereocenters. The van der Waals surface area contributed by atoms with Crippen molar-refractivity contribution in [2.24, 2.45) is 0 Å². The van der Waals surface area contributed by atoms with Crippen LogP contribution in [0.15, 0.2) is 28.7 Å². The van der Waals surface area contributed by atoms with Crippen LogP contribution in [-0.4, -0.2) is 17.7 Å². The lowest BCUT2D eigenvalue weighted by Crippen LogP contribution is -2.43. The Hall–Kier alpha value is -1.04. The van der Waals surface area contributed by atoms with Gasteiger partial charge in [-0.3, -0.25) is 0 Å². The molecule has 1 aromatic carbocycles. The second-order valence-electron chi connectivity index (χ2n) is 5.43. The van der Waals surface area contributed by atoms with Crippen molar-refractivity contribution in [1.29, 1.82) is 0 Å². The average molecular weight is 365 g/mol. The highest BCUT2D eigenvalue weighted by atomic mass is 79.9. The van der Waals surface area contributed by atoms with Crippen molar-refractivity contribution in [1.82, 2.24) is 0 Å². The molecule has 2 nitrogen and oxygen atoms in total. The third-order valence-electron chi connectivity index (χ3n) is 3.74. The van der Waals surface area contributed by atoms with Gasteiger partial charge in [-0.25, -0.2) is 4.79 Å². The zero-order valence-electron chi connectivity index (χ0n) is 11.4. The number of benzene rings is 1. The number of esters is 1. The molecule has 0 aliphatic heterocycles. The lowest BCUT2D eigenvalue weighted by Gasteiger charge is -2.37. The van der Waals surface area contributed by atoms with E-state index in [-0.39, 0.29) is 0 Å². The molecule has 0 aromatic heterocycles. The fraction of sp³-hybridized carbons (Fsp3) is 0.533. The van der Waals surface area contributed by atoms with E-state index in [0.717, 1.165) is 29.3 Å². The smallest absolute Gasteiger partial charge is 0.452 e. The van der Waals surface area contributed by atoms with Gasteiger partial charge in [-0.1, -0.05) is 34.5 Å². The minimum atomic E-state index is -4.94. The molecule has 0 unspecified atom stereocenters. The normalized spacial score (nSPS) is 18.3. The fourth-order valence-corrected chi connectivity index (χ4v) is 3.00. The molecule has 0 amide bonds. The van der Waals surface area contributed by atoms with Crippen LogP contribution in [0.5, 0.6) is 0 Å². The van der Waals surface area contributed by atoms with Gasteiger partial charge in [-0.15, -0.1) is 0 Å². The first kappa shape index (κ1) is 16.3. The third-order valence-corrected chi connectivity index (χ3v) is 4.27. The van der Waals surface area contributed by atoms with Crippen molar-refractivity contribution in [2.45, 2.75) is 50.3 Å². The lowest BCUT2D eigenvalue weighted by molar-refractivity contribution is -0.216. The minimum absolute atomic E-state index is 0.322.